The molecule has 3 aromatic carbocycles. The Balaban J connectivity index is 1.58. The maximum absolute atomic E-state index is 13.4. The van der Waals surface area contributed by atoms with Gasteiger partial charge in [-0.1, -0.05) is 89.9 Å². The van der Waals surface area contributed by atoms with Crippen molar-refractivity contribution in [2.24, 2.45) is 5.92 Å². The van der Waals surface area contributed by atoms with Crippen LogP contribution in [-0.4, -0.2) is 17.4 Å². The standard InChI is InChI=1S/C25H23Cl2NO/c26-22-12-7-13-23(27)21(22)17-20-14-15-28(25(20)29)24(19-10-5-2-6-11-19)16-18-8-3-1-4-9-18/h1-13,20,24H,14-17H2. The summed E-state index contributed by atoms with van der Waals surface area (Å²) in [5.74, 6) is 0.0974. The summed E-state index contributed by atoms with van der Waals surface area (Å²) in [6, 6.07) is 26.2. The predicted octanol–water partition coefficient (Wildman–Crippen LogP) is 6.37. The molecule has 1 aliphatic heterocycles. The molecule has 1 amide bonds. The minimum atomic E-state index is -0.0885. The molecule has 1 aliphatic rings. The van der Waals surface area contributed by atoms with Crippen LogP contribution in [0.25, 0.3) is 0 Å². The molecule has 1 fully saturated rings. The van der Waals surface area contributed by atoms with Gasteiger partial charge >= 0.3 is 0 Å². The van der Waals surface area contributed by atoms with Crippen LogP contribution in [0.1, 0.15) is 29.2 Å². The molecule has 1 saturated heterocycles. The summed E-state index contributed by atoms with van der Waals surface area (Å²) in [6.45, 7) is 0.748. The van der Waals surface area contributed by atoms with E-state index in [4.69, 9.17) is 23.2 Å². The van der Waals surface area contributed by atoms with Crippen molar-refractivity contribution in [3.8, 4) is 0 Å². The lowest BCUT2D eigenvalue weighted by Crippen LogP contribution is -2.33. The second kappa shape index (κ2) is 9.02. The average Bonchev–Trinajstić information content (AvgIpc) is 3.10. The van der Waals surface area contributed by atoms with E-state index in [0.29, 0.717) is 16.5 Å². The minimum Gasteiger partial charge on any atom is -0.335 e. The highest BCUT2D eigenvalue weighted by molar-refractivity contribution is 6.36. The third-order valence-electron chi connectivity index (χ3n) is 5.70. The number of rotatable bonds is 6. The normalized spacial score (nSPS) is 17.5. The first-order chi connectivity index (χ1) is 14.1. The summed E-state index contributed by atoms with van der Waals surface area (Å²) in [5.41, 5.74) is 3.27. The minimum absolute atomic E-state index is 0.0258. The van der Waals surface area contributed by atoms with E-state index in [-0.39, 0.29) is 17.9 Å². The van der Waals surface area contributed by atoms with Crippen molar-refractivity contribution in [1.82, 2.24) is 4.90 Å². The molecule has 0 aromatic heterocycles. The fourth-order valence-corrected chi connectivity index (χ4v) is 4.71. The molecule has 148 valence electrons. The summed E-state index contributed by atoms with van der Waals surface area (Å²) < 4.78 is 0. The van der Waals surface area contributed by atoms with Gasteiger partial charge < -0.3 is 4.90 Å². The lowest BCUT2D eigenvalue weighted by Gasteiger charge is -2.29. The number of nitrogens with zero attached hydrogens (tertiary/aromatic N) is 1. The lowest BCUT2D eigenvalue weighted by atomic mass is 9.96. The third kappa shape index (κ3) is 4.49. The van der Waals surface area contributed by atoms with Gasteiger partial charge in [-0.3, -0.25) is 4.79 Å². The Hall–Kier alpha value is -2.29. The van der Waals surface area contributed by atoms with Crippen LogP contribution in [-0.2, 0) is 17.6 Å². The molecule has 2 nitrogen and oxygen atoms in total. The topological polar surface area (TPSA) is 20.3 Å². The van der Waals surface area contributed by atoms with Crippen LogP contribution in [0.15, 0.2) is 78.9 Å². The second-order valence-electron chi connectivity index (χ2n) is 7.54. The number of carbonyl (C=O) groups excluding carboxylic acids is 1. The van der Waals surface area contributed by atoms with E-state index in [9.17, 15) is 4.79 Å². The quantitative estimate of drug-likeness (QED) is 0.450. The molecule has 4 rings (SSSR count). The highest BCUT2D eigenvalue weighted by atomic mass is 35.5. The van der Waals surface area contributed by atoms with E-state index in [2.05, 4.69) is 24.3 Å². The molecular formula is C25H23Cl2NO. The van der Waals surface area contributed by atoms with Gasteiger partial charge in [0, 0.05) is 22.5 Å². The van der Waals surface area contributed by atoms with Gasteiger partial charge in [-0.15, -0.1) is 0 Å². The number of benzene rings is 3. The Kier molecular flexibility index (Phi) is 6.22. The molecule has 0 spiro atoms. The molecule has 2 unspecified atom stereocenters. The van der Waals surface area contributed by atoms with Crippen LogP contribution in [0.2, 0.25) is 10.0 Å². The summed E-state index contributed by atoms with van der Waals surface area (Å²) in [6.07, 6.45) is 2.20. The van der Waals surface area contributed by atoms with E-state index in [1.165, 1.54) is 11.1 Å². The van der Waals surface area contributed by atoms with Gasteiger partial charge in [0.25, 0.3) is 0 Å². The van der Waals surface area contributed by atoms with E-state index in [1.807, 2.05) is 59.5 Å². The summed E-state index contributed by atoms with van der Waals surface area (Å²) >= 11 is 12.7. The van der Waals surface area contributed by atoms with Gasteiger partial charge in [-0.25, -0.2) is 0 Å². The fourth-order valence-electron chi connectivity index (χ4n) is 4.16. The molecule has 1 heterocycles. The van der Waals surface area contributed by atoms with Gasteiger partial charge in [0.15, 0.2) is 0 Å². The zero-order valence-electron chi connectivity index (χ0n) is 16.1. The molecular weight excluding hydrogens is 401 g/mol. The Bertz CT molecular complexity index is 954. The first-order valence-corrected chi connectivity index (χ1v) is 10.7. The van der Waals surface area contributed by atoms with Crippen LogP contribution in [0, 0.1) is 5.92 Å². The molecule has 0 saturated carbocycles. The maximum Gasteiger partial charge on any atom is 0.226 e. The van der Waals surface area contributed by atoms with Gasteiger partial charge in [0.1, 0.15) is 0 Å². The molecule has 0 bridgehead atoms. The predicted molar refractivity (Wildman–Crippen MR) is 119 cm³/mol. The average molecular weight is 424 g/mol. The number of carbonyl (C=O) groups is 1. The zero-order valence-corrected chi connectivity index (χ0v) is 17.6. The fraction of sp³-hybridized carbons (Fsp3) is 0.240. The van der Waals surface area contributed by atoms with Gasteiger partial charge in [0.2, 0.25) is 5.91 Å². The van der Waals surface area contributed by atoms with E-state index < -0.39 is 0 Å². The monoisotopic (exact) mass is 423 g/mol. The lowest BCUT2D eigenvalue weighted by molar-refractivity contribution is -0.133. The van der Waals surface area contributed by atoms with E-state index in [0.717, 1.165) is 24.9 Å². The van der Waals surface area contributed by atoms with E-state index in [1.54, 1.807) is 0 Å². The van der Waals surface area contributed by atoms with Crippen molar-refractivity contribution >= 4 is 29.1 Å². The van der Waals surface area contributed by atoms with Gasteiger partial charge in [0.05, 0.1) is 6.04 Å². The SMILES string of the molecule is O=C1C(Cc2c(Cl)cccc2Cl)CCN1C(Cc1ccccc1)c1ccccc1. The largest absolute Gasteiger partial charge is 0.335 e. The van der Waals surface area contributed by atoms with Crippen molar-refractivity contribution in [2.45, 2.75) is 25.3 Å². The van der Waals surface area contributed by atoms with Crippen molar-refractivity contribution < 1.29 is 4.79 Å². The molecule has 29 heavy (non-hydrogen) atoms. The number of hydrogen-bond donors (Lipinski definition) is 0. The first-order valence-electron chi connectivity index (χ1n) is 9.95. The number of halogens is 2. The highest BCUT2D eigenvalue weighted by Gasteiger charge is 2.37. The van der Waals surface area contributed by atoms with Crippen molar-refractivity contribution in [2.75, 3.05) is 6.54 Å². The number of likely N-dealkylation sites (tertiary alicyclic amines) is 1. The second-order valence-corrected chi connectivity index (χ2v) is 8.35. The van der Waals surface area contributed by atoms with Crippen LogP contribution in [0.4, 0.5) is 0 Å². The van der Waals surface area contributed by atoms with Crippen LogP contribution in [0.5, 0.6) is 0 Å². The zero-order chi connectivity index (χ0) is 20.2. The van der Waals surface area contributed by atoms with Crippen molar-refractivity contribution in [1.29, 1.82) is 0 Å². The Morgan fingerprint density at radius 2 is 1.48 bits per heavy atom. The summed E-state index contributed by atoms with van der Waals surface area (Å²) in [5, 5.41) is 1.26. The smallest absolute Gasteiger partial charge is 0.226 e. The Labute approximate surface area is 182 Å². The molecule has 3 aromatic rings. The van der Waals surface area contributed by atoms with Gasteiger partial charge in [-0.2, -0.15) is 0 Å². The Morgan fingerprint density at radius 3 is 2.14 bits per heavy atom. The van der Waals surface area contributed by atoms with Crippen LogP contribution < -0.4 is 0 Å². The molecule has 0 N–H and O–H groups in total. The first kappa shape index (κ1) is 20.0. The molecule has 0 radical (unpaired) electrons. The van der Waals surface area contributed by atoms with Gasteiger partial charge in [-0.05, 0) is 48.1 Å². The van der Waals surface area contributed by atoms with Crippen LogP contribution in [0.3, 0.4) is 0 Å². The van der Waals surface area contributed by atoms with Crippen molar-refractivity contribution in [3.05, 3.63) is 106 Å². The molecule has 4 heteroatoms. The molecule has 2 atom stereocenters. The summed E-state index contributed by atoms with van der Waals surface area (Å²) in [7, 11) is 0. The summed E-state index contributed by atoms with van der Waals surface area (Å²) in [4.78, 5) is 15.4. The third-order valence-corrected chi connectivity index (χ3v) is 6.40. The van der Waals surface area contributed by atoms with E-state index >= 15 is 0 Å². The number of amides is 1. The number of hydrogen-bond acceptors (Lipinski definition) is 1. The molecule has 0 aliphatic carbocycles. The maximum atomic E-state index is 13.4. The van der Waals surface area contributed by atoms with Crippen LogP contribution >= 0.6 is 23.2 Å². The Morgan fingerprint density at radius 1 is 0.862 bits per heavy atom. The highest BCUT2D eigenvalue weighted by Crippen LogP contribution is 2.35. The van der Waals surface area contributed by atoms with Crippen molar-refractivity contribution in [3.63, 3.8) is 0 Å².